The largest absolute Gasteiger partial charge is 0.570 e. The standard InChI is InChI=1S/C5H10O4P/c6-10(7)8-4-2-1-3-5(4)9-10/h4-7H,1-3H2/q+1. The van der Waals surface area contributed by atoms with Crippen molar-refractivity contribution in [3.63, 3.8) is 0 Å². The monoisotopic (exact) mass is 165 g/mol. The molecule has 5 heteroatoms. The summed E-state index contributed by atoms with van der Waals surface area (Å²) in [7, 11) is -3.37. The maximum absolute atomic E-state index is 8.92. The van der Waals surface area contributed by atoms with Crippen LogP contribution in [0.3, 0.4) is 0 Å². The Labute approximate surface area is 59.4 Å². The van der Waals surface area contributed by atoms with Crippen molar-refractivity contribution in [2.75, 3.05) is 0 Å². The first-order valence-electron chi connectivity index (χ1n) is 3.39. The smallest absolute Gasteiger partial charge is 0.168 e. The molecule has 1 saturated carbocycles. The first kappa shape index (κ1) is 6.95. The van der Waals surface area contributed by atoms with Gasteiger partial charge in [0.25, 0.3) is 0 Å². The van der Waals surface area contributed by atoms with Crippen LogP contribution in [0.25, 0.3) is 0 Å². The quantitative estimate of drug-likeness (QED) is 0.516. The zero-order chi connectivity index (χ0) is 7.19. The molecule has 58 valence electrons. The van der Waals surface area contributed by atoms with E-state index in [1.165, 1.54) is 0 Å². The molecule has 0 amide bonds. The molecular weight excluding hydrogens is 155 g/mol. The number of fused-ring (bicyclic) bond motifs is 1. The van der Waals surface area contributed by atoms with E-state index in [-0.39, 0.29) is 12.2 Å². The molecule has 2 unspecified atom stereocenters. The molecule has 2 fully saturated rings. The average Bonchev–Trinajstić information content (AvgIpc) is 2.20. The van der Waals surface area contributed by atoms with Gasteiger partial charge in [0.05, 0.1) is 0 Å². The fraction of sp³-hybridized carbons (Fsp3) is 1.00. The van der Waals surface area contributed by atoms with Crippen molar-refractivity contribution in [2.45, 2.75) is 31.5 Å². The molecule has 2 aliphatic rings. The van der Waals surface area contributed by atoms with Gasteiger partial charge < -0.3 is 0 Å². The third kappa shape index (κ3) is 1.06. The molecule has 1 aliphatic heterocycles. The van der Waals surface area contributed by atoms with Crippen LogP contribution >= 0.6 is 8.17 Å². The summed E-state index contributed by atoms with van der Waals surface area (Å²) >= 11 is 0. The van der Waals surface area contributed by atoms with E-state index in [2.05, 4.69) is 0 Å². The van der Waals surface area contributed by atoms with Gasteiger partial charge in [-0.1, -0.05) is 0 Å². The van der Waals surface area contributed by atoms with Gasteiger partial charge in [0.15, 0.2) is 0 Å². The Hall–Kier alpha value is 0.270. The fourth-order valence-corrected chi connectivity index (χ4v) is 2.75. The lowest BCUT2D eigenvalue weighted by molar-refractivity contribution is 0.185. The summed E-state index contributed by atoms with van der Waals surface area (Å²) in [5, 5.41) is 0. The minimum atomic E-state index is -3.37. The zero-order valence-corrected chi connectivity index (χ0v) is 6.33. The van der Waals surface area contributed by atoms with Crippen LogP contribution < -0.4 is 0 Å². The summed E-state index contributed by atoms with van der Waals surface area (Å²) in [5.41, 5.74) is 0. The summed E-state index contributed by atoms with van der Waals surface area (Å²) < 4.78 is 9.75. The van der Waals surface area contributed by atoms with Gasteiger partial charge in [0, 0.05) is 0 Å². The van der Waals surface area contributed by atoms with Crippen LogP contribution in [0.5, 0.6) is 0 Å². The van der Waals surface area contributed by atoms with E-state index >= 15 is 0 Å². The molecule has 4 nitrogen and oxygen atoms in total. The van der Waals surface area contributed by atoms with Gasteiger partial charge in [-0.15, -0.1) is 9.05 Å². The van der Waals surface area contributed by atoms with E-state index in [1.54, 1.807) is 0 Å². The lowest BCUT2D eigenvalue weighted by atomic mass is 10.3. The molecule has 0 radical (unpaired) electrons. The number of hydrogen-bond donors (Lipinski definition) is 2. The second-order valence-corrected chi connectivity index (χ2v) is 4.11. The fourth-order valence-electron chi connectivity index (χ4n) is 1.51. The molecular formula is C5H10O4P+. The van der Waals surface area contributed by atoms with E-state index < -0.39 is 8.17 Å². The molecule has 0 aromatic carbocycles. The van der Waals surface area contributed by atoms with E-state index in [4.69, 9.17) is 18.8 Å². The van der Waals surface area contributed by atoms with Crippen molar-refractivity contribution >= 4 is 8.17 Å². The Bertz CT molecular complexity index is 135. The van der Waals surface area contributed by atoms with E-state index in [1.807, 2.05) is 0 Å². The Morgan fingerprint density at radius 3 is 2.10 bits per heavy atom. The minimum absolute atomic E-state index is 0.0525. The van der Waals surface area contributed by atoms with Gasteiger partial charge in [-0.05, 0) is 19.3 Å². The maximum Gasteiger partial charge on any atom is 0.570 e. The van der Waals surface area contributed by atoms with Crippen LogP contribution in [-0.2, 0) is 9.05 Å². The van der Waals surface area contributed by atoms with Gasteiger partial charge >= 0.3 is 8.17 Å². The Balaban J connectivity index is 2.07. The molecule has 0 spiro atoms. The second-order valence-electron chi connectivity index (χ2n) is 2.71. The van der Waals surface area contributed by atoms with Crippen LogP contribution in [-0.4, -0.2) is 22.0 Å². The van der Waals surface area contributed by atoms with Gasteiger partial charge in [-0.2, -0.15) is 9.79 Å². The van der Waals surface area contributed by atoms with Crippen molar-refractivity contribution in [3.05, 3.63) is 0 Å². The summed E-state index contributed by atoms with van der Waals surface area (Å²) in [6.07, 6.45) is 2.75. The summed E-state index contributed by atoms with van der Waals surface area (Å²) in [6.45, 7) is 0. The van der Waals surface area contributed by atoms with Crippen LogP contribution in [0.1, 0.15) is 19.3 Å². The first-order valence-corrected chi connectivity index (χ1v) is 4.92. The minimum Gasteiger partial charge on any atom is -0.168 e. The Morgan fingerprint density at radius 1 is 1.10 bits per heavy atom. The van der Waals surface area contributed by atoms with E-state index in [9.17, 15) is 0 Å². The van der Waals surface area contributed by atoms with Gasteiger partial charge in [-0.3, -0.25) is 0 Å². The molecule has 1 heterocycles. The van der Waals surface area contributed by atoms with Gasteiger partial charge in [0.2, 0.25) is 0 Å². The van der Waals surface area contributed by atoms with E-state index in [0.29, 0.717) is 0 Å². The summed E-state index contributed by atoms with van der Waals surface area (Å²) in [6, 6.07) is 0. The average molecular weight is 165 g/mol. The van der Waals surface area contributed by atoms with Crippen molar-refractivity contribution < 1.29 is 18.8 Å². The highest BCUT2D eigenvalue weighted by Gasteiger charge is 2.57. The highest BCUT2D eigenvalue weighted by Crippen LogP contribution is 2.62. The zero-order valence-electron chi connectivity index (χ0n) is 5.43. The molecule has 2 rings (SSSR count). The third-order valence-corrected chi connectivity index (χ3v) is 3.03. The molecule has 1 saturated heterocycles. The number of hydrogen-bond acceptors (Lipinski definition) is 4. The van der Waals surface area contributed by atoms with Crippen LogP contribution in [0.2, 0.25) is 0 Å². The molecule has 10 heavy (non-hydrogen) atoms. The van der Waals surface area contributed by atoms with Crippen molar-refractivity contribution in [1.82, 2.24) is 0 Å². The highest BCUT2D eigenvalue weighted by molar-refractivity contribution is 7.54. The topological polar surface area (TPSA) is 58.9 Å². The Morgan fingerprint density at radius 2 is 1.60 bits per heavy atom. The molecule has 2 N–H and O–H groups in total. The lowest BCUT2D eigenvalue weighted by Gasteiger charge is -1.99. The molecule has 1 aliphatic carbocycles. The lowest BCUT2D eigenvalue weighted by Crippen LogP contribution is -2.13. The second kappa shape index (κ2) is 2.13. The van der Waals surface area contributed by atoms with Crippen molar-refractivity contribution in [1.29, 1.82) is 0 Å². The maximum atomic E-state index is 8.92. The normalized spacial score (nSPS) is 43.8. The predicted octanol–water partition coefficient (Wildman–Crippen LogP) is 0.616. The van der Waals surface area contributed by atoms with Crippen LogP contribution in [0, 0.1) is 0 Å². The molecule has 2 atom stereocenters. The van der Waals surface area contributed by atoms with Gasteiger partial charge in [-0.25, -0.2) is 0 Å². The SMILES string of the molecule is O[P+]1(O)OC2CCCC2O1. The van der Waals surface area contributed by atoms with E-state index in [0.717, 1.165) is 19.3 Å². The van der Waals surface area contributed by atoms with Crippen molar-refractivity contribution in [2.24, 2.45) is 0 Å². The summed E-state index contributed by atoms with van der Waals surface area (Å²) in [5.74, 6) is 0. The van der Waals surface area contributed by atoms with Crippen LogP contribution in [0.4, 0.5) is 0 Å². The highest BCUT2D eigenvalue weighted by atomic mass is 31.2. The third-order valence-electron chi connectivity index (χ3n) is 1.94. The number of rotatable bonds is 0. The molecule has 0 aromatic rings. The molecule has 0 aromatic heterocycles. The predicted molar refractivity (Wildman–Crippen MR) is 35.0 cm³/mol. The first-order chi connectivity index (χ1) is 4.67. The van der Waals surface area contributed by atoms with Crippen molar-refractivity contribution in [3.8, 4) is 0 Å². The van der Waals surface area contributed by atoms with Gasteiger partial charge in [0.1, 0.15) is 12.2 Å². The van der Waals surface area contributed by atoms with Crippen LogP contribution in [0.15, 0.2) is 0 Å². The summed E-state index contributed by atoms with van der Waals surface area (Å²) in [4.78, 5) is 17.8. The molecule has 0 bridgehead atoms. The Kier molecular flexibility index (Phi) is 1.48.